The zero-order valence-electron chi connectivity index (χ0n) is 12.7. The Morgan fingerprint density at radius 1 is 1.35 bits per heavy atom. The quantitative estimate of drug-likeness (QED) is 0.780. The van der Waals surface area contributed by atoms with E-state index in [0.717, 1.165) is 57.1 Å². The second-order valence-electron chi connectivity index (χ2n) is 5.56. The van der Waals surface area contributed by atoms with Crippen molar-refractivity contribution in [2.75, 3.05) is 38.5 Å². The lowest BCUT2D eigenvalue weighted by atomic mass is 10.0. The number of nitrogen functional groups attached to an aromatic ring is 1. The van der Waals surface area contributed by atoms with E-state index in [2.05, 4.69) is 36.2 Å². The molecule has 0 aromatic heterocycles. The molecule has 1 unspecified atom stereocenters. The Labute approximate surface area is 122 Å². The Morgan fingerprint density at radius 2 is 2.10 bits per heavy atom. The molecule has 1 heterocycles. The third-order valence-electron chi connectivity index (χ3n) is 3.84. The van der Waals surface area contributed by atoms with Crippen LogP contribution < -0.4 is 15.8 Å². The van der Waals surface area contributed by atoms with Gasteiger partial charge >= 0.3 is 0 Å². The van der Waals surface area contributed by atoms with Crippen molar-refractivity contribution < 1.29 is 4.74 Å². The first-order valence-corrected chi connectivity index (χ1v) is 7.66. The van der Waals surface area contributed by atoms with Crippen molar-refractivity contribution in [3.63, 3.8) is 0 Å². The zero-order valence-corrected chi connectivity index (χ0v) is 12.7. The van der Waals surface area contributed by atoms with Crippen LogP contribution in [0.25, 0.3) is 0 Å². The van der Waals surface area contributed by atoms with Gasteiger partial charge in [0.15, 0.2) is 0 Å². The van der Waals surface area contributed by atoms with Gasteiger partial charge in [-0.05, 0) is 37.5 Å². The van der Waals surface area contributed by atoms with E-state index in [-0.39, 0.29) is 0 Å². The van der Waals surface area contributed by atoms with Crippen molar-refractivity contribution in [2.45, 2.75) is 32.7 Å². The summed E-state index contributed by atoms with van der Waals surface area (Å²) in [7, 11) is 0. The van der Waals surface area contributed by atoms with Gasteiger partial charge in [0.1, 0.15) is 5.75 Å². The Hall–Kier alpha value is -1.26. The van der Waals surface area contributed by atoms with Crippen LogP contribution in [0.1, 0.15) is 25.8 Å². The van der Waals surface area contributed by atoms with Crippen molar-refractivity contribution in [1.82, 2.24) is 10.2 Å². The van der Waals surface area contributed by atoms with E-state index in [9.17, 15) is 0 Å². The minimum atomic E-state index is 0.555. The van der Waals surface area contributed by atoms with Crippen molar-refractivity contribution in [3.05, 3.63) is 23.8 Å². The maximum absolute atomic E-state index is 6.07. The number of ether oxygens (including phenoxy) is 1. The van der Waals surface area contributed by atoms with Crippen molar-refractivity contribution >= 4 is 5.69 Å². The standard InChI is InChI=1S/C16H27N3O/c1-3-10-20-16-5-4-14(12-15(16)17)11-13(2)19-8-6-18-7-9-19/h4-5,12-13,18H,3,6-11,17H2,1-2H3. The van der Waals surface area contributed by atoms with Gasteiger partial charge in [-0.1, -0.05) is 13.0 Å². The summed E-state index contributed by atoms with van der Waals surface area (Å²) in [6.07, 6.45) is 2.04. The predicted octanol–water partition coefficient (Wildman–Crippen LogP) is 1.89. The van der Waals surface area contributed by atoms with Gasteiger partial charge in [-0.3, -0.25) is 4.90 Å². The molecule has 2 rings (SSSR count). The molecular formula is C16H27N3O. The van der Waals surface area contributed by atoms with Gasteiger partial charge in [-0.25, -0.2) is 0 Å². The molecule has 0 aliphatic carbocycles. The van der Waals surface area contributed by atoms with Crippen LogP contribution in [0.15, 0.2) is 18.2 Å². The normalized spacial score (nSPS) is 17.9. The number of hydrogen-bond donors (Lipinski definition) is 2. The fourth-order valence-electron chi connectivity index (χ4n) is 2.66. The number of hydrogen-bond acceptors (Lipinski definition) is 4. The van der Waals surface area contributed by atoms with Gasteiger partial charge in [0.2, 0.25) is 0 Å². The summed E-state index contributed by atoms with van der Waals surface area (Å²) in [6.45, 7) is 9.57. The van der Waals surface area contributed by atoms with Gasteiger partial charge in [0, 0.05) is 32.2 Å². The molecule has 4 nitrogen and oxygen atoms in total. The number of nitrogens with zero attached hydrogens (tertiary/aromatic N) is 1. The van der Waals surface area contributed by atoms with E-state index in [1.54, 1.807) is 0 Å². The molecule has 0 radical (unpaired) electrons. The summed E-state index contributed by atoms with van der Waals surface area (Å²) in [5.41, 5.74) is 8.11. The van der Waals surface area contributed by atoms with Crippen LogP contribution in [0, 0.1) is 0 Å². The summed E-state index contributed by atoms with van der Waals surface area (Å²) in [5, 5.41) is 3.39. The molecule has 1 atom stereocenters. The number of piperazine rings is 1. The van der Waals surface area contributed by atoms with Gasteiger partial charge < -0.3 is 15.8 Å². The lowest BCUT2D eigenvalue weighted by Crippen LogP contribution is -2.48. The molecule has 1 aromatic rings. The fourth-order valence-corrected chi connectivity index (χ4v) is 2.66. The Morgan fingerprint density at radius 3 is 2.75 bits per heavy atom. The maximum Gasteiger partial charge on any atom is 0.142 e. The van der Waals surface area contributed by atoms with E-state index in [4.69, 9.17) is 10.5 Å². The molecule has 3 N–H and O–H groups in total. The molecule has 20 heavy (non-hydrogen) atoms. The highest BCUT2D eigenvalue weighted by Crippen LogP contribution is 2.24. The van der Waals surface area contributed by atoms with Crippen LogP contribution in [-0.2, 0) is 6.42 Å². The average molecular weight is 277 g/mol. The lowest BCUT2D eigenvalue weighted by Gasteiger charge is -2.33. The van der Waals surface area contributed by atoms with E-state index >= 15 is 0 Å². The van der Waals surface area contributed by atoms with Crippen molar-refractivity contribution in [3.8, 4) is 5.75 Å². The molecule has 1 aliphatic heterocycles. The van der Waals surface area contributed by atoms with Gasteiger partial charge in [0.25, 0.3) is 0 Å². The van der Waals surface area contributed by atoms with Gasteiger partial charge in [-0.2, -0.15) is 0 Å². The minimum Gasteiger partial charge on any atom is -0.491 e. The molecule has 4 heteroatoms. The molecule has 112 valence electrons. The van der Waals surface area contributed by atoms with E-state index in [0.29, 0.717) is 6.04 Å². The number of nitrogens with one attached hydrogen (secondary N) is 1. The molecule has 1 fully saturated rings. The highest BCUT2D eigenvalue weighted by Gasteiger charge is 2.16. The number of anilines is 1. The number of rotatable bonds is 6. The topological polar surface area (TPSA) is 50.5 Å². The van der Waals surface area contributed by atoms with E-state index in [1.165, 1.54) is 5.56 Å². The Balaban J connectivity index is 1.93. The maximum atomic E-state index is 6.07. The minimum absolute atomic E-state index is 0.555. The van der Waals surface area contributed by atoms with Crippen LogP contribution in [0.4, 0.5) is 5.69 Å². The first-order valence-electron chi connectivity index (χ1n) is 7.66. The third-order valence-corrected chi connectivity index (χ3v) is 3.84. The summed E-state index contributed by atoms with van der Waals surface area (Å²) < 4.78 is 5.62. The molecule has 1 saturated heterocycles. The SMILES string of the molecule is CCCOc1ccc(CC(C)N2CCNCC2)cc1N. The zero-order chi connectivity index (χ0) is 14.4. The molecule has 0 amide bonds. The number of nitrogens with two attached hydrogens (primary N) is 1. The molecule has 1 aliphatic rings. The summed E-state index contributed by atoms with van der Waals surface area (Å²) in [4.78, 5) is 2.54. The predicted molar refractivity (Wildman–Crippen MR) is 84.2 cm³/mol. The largest absolute Gasteiger partial charge is 0.491 e. The molecule has 1 aromatic carbocycles. The summed E-state index contributed by atoms with van der Waals surface area (Å²) in [6, 6.07) is 6.76. The Bertz CT molecular complexity index is 416. The van der Waals surface area contributed by atoms with Crippen LogP contribution in [0.5, 0.6) is 5.75 Å². The van der Waals surface area contributed by atoms with Crippen LogP contribution in [0.3, 0.4) is 0 Å². The highest BCUT2D eigenvalue weighted by atomic mass is 16.5. The Kier molecular flexibility index (Phi) is 5.68. The lowest BCUT2D eigenvalue weighted by molar-refractivity contribution is 0.183. The number of benzene rings is 1. The van der Waals surface area contributed by atoms with Crippen molar-refractivity contribution in [1.29, 1.82) is 0 Å². The molecule has 0 spiro atoms. The second-order valence-corrected chi connectivity index (χ2v) is 5.56. The average Bonchev–Trinajstić information content (AvgIpc) is 2.47. The van der Waals surface area contributed by atoms with E-state index < -0.39 is 0 Å². The fraction of sp³-hybridized carbons (Fsp3) is 0.625. The monoisotopic (exact) mass is 277 g/mol. The first-order chi connectivity index (χ1) is 9.70. The highest BCUT2D eigenvalue weighted by molar-refractivity contribution is 5.54. The molecule has 0 bridgehead atoms. The van der Waals surface area contributed by atoms with Crippen molar-refractivity contribution in [2.24, 2.45) is 0 Å². The van der Waals surface area contributed by atoms with Gasteiger partial charge in [-0.15, -0.1) is 0 Å². The van der Waals surface area contributed by atoms with Crippen LogP contribution >= 0.6 is 0 Å². The summed E-state index contributed by atoms with van der Waals surface area (Å²) >= 11 is 0. The third kappa shape index (κ3) is 4.12. The smallest absolute Gasteiger partial charge is 0.142 e. The summed E-state index contributed by atoms with van der Waals surface area (Å²) in [5.74, 6) is 0.811. The van der Waals surface area contributed by atoms with Gasteiger partial charge in [0.05, 0.1) is 12.3 Å². The first kappa shape index (κ1) is 15.1. The van der Waals surface area contributed by atoms with Crippen LogP contribution in [-0.4, -0.2) is 43.7 Å². The molecular weight excluding hydrogens is 250 g/mol. The second kappa shape index (κ2) is 7.50. The van der Waals surface area contributed by atoms with Crippen LogP contribution in [0.2, 0.25) is 0 Å². The molecule has 0 saturated carbocycles. The van der Waals surface area contributed by atoms with E-state index in [1.807, 2.05) is 6.07 Å².